The van der Waals surface area contributed by atoms with Crippen LogP contribution < -0.4 is 4.74 Å². The molecule has 0 N–H and O–H groups in total. The smallest absolute Gasteiger partial charge is 0.137 e. The molecular weight excluding hydrogens is 190 g/mol. The van der Waals surface area contributed by atoms with Crippen molar-refractivity contribution in [2.45, 2.75) is 6.42 Å². The van der Waals surface area contributed by atoms with Crippen molar-refractivity contribution < 1.29 is 4.74 Å². The van der Waals surface area contributed by atoms with Crippen LogP contribution >= 0.6 is 0 Å². The summed E-state index contributed by atoms with van der Waals surface area (Å²) in [6, 6.07) is 8.99. The third-order valence-corrected chi connectivity index (χ3v) is 1.97. The third kappa shape index (κ3) is 1.88. The van der Waals surface area contributed by atoms with Gasteiger partial charge < -0.3 is 4.74 Å². The van der Waals surface area contributed by atoms with E-state index < -0.39 is 0 Å². The monoisotopic (exact) mass is 197 g/mol. The van der Waals surface area contributed by atoms with Gasteiger partial charge in [-0.1, -0.05) is 6.07 Å². The van der Waals surface area contributed by atoms with Crippen LogP contribution in [0.25, 0.3) is 0 Å². The lowest BCUT2D eigenvalue weighted by molar-refractivity contribution is 0.413. The number of nitriles is 3. The molecule has 0 bridgehead atoms. The van der Waals surface area contributed by atoms with Crippen LogP contribution in [-0.2, 0) is 6.42 Å². The van der Waals surface area contributed by atoms with Crippen LogP contribution in [0.15, 0.2) is 12.1 Å². The van der Waals surface area contributed by atoms with E-state index in [0.29, 0.717) is 11.3 Å². The second kappa shape index (κ2) is 4.65. The second-order valence-corrected chi connectivity index (χ2v) is 2.74. The molecule has 0 saturated carbocycles. The van der Waals surface area contributed by atoms with Crippen LogP contribution in [0.3, 0.4) is 0 Å². The van der Waals surface area contributed by atoms with Gasteiger partial charge in [-0.05, 0) is 11.6 Å². The fourth-order valence-corrected chi connectivity index (χ4v) is 1.27. The Labute approximate surface area is 87.5 Å². The van der Waals surface area contributed by atoms with Crippen molar-refractivity contribution in [3.05, 3.63) is 28.8 Å². The van der Waals surface area contributed by atoms with Crippen LogP contribution in [0, 0.1) is 34.0 Å². The van der Waals surface area contributed by atoms with Crippen molar-refractivity contribution in [3.8, 4) is 24.0 Å². The first-order valence-electron chi connectivity index (χ1n) is 4.15. The minimum Gasteiger partial charge on any atom is -0.495 e. The lowest BCUT2D eigenvalue weighted by Crippen LogP contribution is -1.96. The summed E-state index contributed by atoms with van der Waals surface area (Å²) in [7, 11) is 1.43. The lowest BCUT2D eigenvalue weighted by atomic mass is 10.00. The summed E-state index contributed by atoms with van der Waals surface area (Å²) in [5.41, 5.74) is 0.962. The lowest BCUT2D eigenvalue weighted by Gasteiger charge is -2.06. The number of nitrogens with zero attached hydrogens (tertiary/aromatic N) is 3. The number of hydrogen-bond donors (Lipinski definition) is 0. The van der Waals surface area contributed by atoms with Gasteiger partial charge in [0.15, 0.2) is 0 Å². The Morgan fingerprint density at radius 2 is 1.80 bits per heavy atom. The van der Waals surface area contributed by atoms with Crippen LogP contribution in [0.1, 0.15) is 16.7 Å². The molecular formula is C11H7N3O. The molecule has 0 aliphatic rings. The standard InChI is InChI=1S/C11H7N3O/c1-15-11-3-2-8(4-5-12)9(6-13)10(11)7-14/h2-3H,4H2,1H3. The van der Waals surface area contributed by atoms with Crippen molar-refractivity contribution in [2.75, 3.05) is 7.11 Å². The highest BCUT2D eigenvalue weighted by atomic mass is 16.5. The van der Waals surface area contributed by atoms with Gasteiger partial charge in [0.25, 0.3) is 0 Å². The van der Waals surface area contributed by atoms with E-state index >= 15 is 0 Å². The predicted molar refractivity (Wildman–Crippen MR) is 51.7 cm³/mol. The highest BCUT2D eigenvalue weighted by Crippen LogP contribution is 2.24. The van der Waals surface area contributed by atoms with E-state index in [0.717, 1.165) is 0 Å². The maximum Gasteiger partial charge on any atom is 0.137 e. The molecule has 15 heavy (non-hydrogen) atoms. The molecule has 0 aliphatic carbocycles. The molecule has 0 amide bonds. The predicted octanol–water partition coefficient (Wildman–Crippen LogP) is 1.50. The fraction of sp³-hybridized carbons (Fsp3) is 0.182. The first kappa shape index (κ1) is 10.6. The molecule has 72 valence electrons. The summed E-state index contributed by atoms with van der Waals surface area (Å²) in [6.45, 7) is 0. The zero-order valence-electron chi connectivity index (χ0n) is 8.11. The van der Waals surface area contributed by atoms with Crippen molar-refractivity contribution in [3.63, 3.8) is 0 Å². The molecule has 1 aromatic carbocycles. The van der Waals surface area contributed by atoms with E-state index in [4.69, 9.17) is 20.5 Å². The minimum absolute atomic E-state index is 0.113. The first-order chi connectivity index (χ1) is 7.28. The number of rotatable bonds is 2. The molecule has 0 spiro atoms. The van der Waals surface area contributed by atoms with E-state index in [1.54, 1.807) is 12.1 Å². The third-order valence-electron chi connectivity index (χ3n) is 1.97. The molecule has 0 fully saturated rings. The van der Waals surface area contributed by atoms with Crippen molar-refractivity contribution in [1.29, 1.82) is 15.8 Å². The Hall–Kier alpha value is -2.51. The molecule has 0 saturated heterocycles. The van der Waals surface area contributed by atoms with Crippen molar-refractivity contribution in [1.82, 2.24) is 0 Å². The average molecular weight is 197 g/mol. The molecule has 0 atom stereocenters. The molecule has 4 nitrogen and oxygen atoms in total. The highest BCUT2D eigenvalue weighted by molar-refractivity contribution is 5.58. The Morgan fingerprint density at radius 3 is 2.27 bits per heavy atom. The Morgan fingerprint density at radius 1 is 1.13 bits per heavy atom. The molecule has 0 heterocycles. The van der Waals surface area contributed by atoms with Gasteiger partial charge in [0.2, 0.25) is 0 Å². The van der Waals surface area contributed by atoms with Gasteiger partial charge in [0.05, 0.1) is 25.2 Å². The molecule has 1 aromatic rings. The topological polar surface area (TPSA) is 80.6 Å². The van der Waals surface area contributed by atoms with Gasteiger partial charge in [-0.25, -0.2) is 0 Å². The van der Waals surface area contributed by atoms with Crippen LogP contribution in [-0.4, -0.2) is 7.11 Å². The van der Waals surface area contributed by atoms with E-state index in [-0.39, 0.29) is 17.5 Å². The minimum atomic E-state index is 0.113. The average Bonchev–Trinajstić information content (AvgIpc) is 2.28. The molecule has 1 rings (SSSR count). The molecule has 4 heteroatoms. The summed E-state index contributed by atoms with van der Waals surface area (Å²) >= 11 is 0. The van der Waals surface area contributed by atoms with E-state index in [2.05, 4.69) is 0 Å². The Kier molecular flexibility index (Phi) is 3.28. The van der Waals surface area contributed by atoms with E-state index in [9.17, 15) is 0 Å². The van der Waals surface area contributed by atoms with Crippen molar-refractivity contribution in [2.24, 2.45) is 0 Å². The number of ether oxygens (including phenoxy) is 1. The van der Waals surface area contributed by atoms with Gasteiger partial charge in [-0.3, -0.25) is 0 Å². The largest absolute Gasteiger partial charge is 0.495 e. The molecule has 0 aromatic heterocycles. The number of benzene rings is 1. The van der Waals surface area contributed by atoms with Crippen LogP contribution in [0.4, 0.5) is 0 Å². The summed E-state index contributed by atoms with van der Waals surface area (Å²) in [6.07, 6.45) is 0.113. The second-order valence-electron chi connectivity index (χ2n) is 2.74. The van der Waals surface area contributed by atoms with Crippen LogP contribution in [0.2, 0.25) is 0 Å². The normalized spacial score (nSPS) is 8.40. The van der Waals surface area contributed by atoms with Gasteiger partial charge in [0.1, 0.15) is 23.5 Å². The zero-order valence-corrected chi connectivity index (χ0v) is 8.11. The molecule has 0 aliphatic heterocycles. The first-order valence-corrected chi connectivity index (χ1v) is 4.15. The summed E-state index contributed by atoms with van der Waals surface area (Å²) < 4.78 is 4.96. The van der Waals surface area contributed by atoms with Gasteiger partial charge in [0, 0.05) is 0 Å². The molecule has 0 unspecified atom stereocenters. The zero-order chi connectivity index (χ0) is 11.3. The van der Waals surface area contributed by atoms with Gasteiger partial charge >= 0.3 is 0 Å². The Bertz CT molecular complexity index is 500. The maximum atomic E-state index is 8.91. The summed E-state index contributed by atoms with van der Waals surface area (Å²) in [5.74, 6) is 0.357. The highest BCUT2D eigenvalue weighted by Gasteiger charge is 2.12. The summed E-state index contributed by atoms with van der Waals surface area (Å²) in [4.78, 5) is 0. The summed E-state index contributed by atoms with van der Waals surface area (Å²) in [5, 5.41) is 26.4. The van der Waals surface area contributed by atoms with E-state index in [1.165, 1.54) is 7.11 Å². The van der Waals surface area contributed by atoms with Crippen molar-refractivity contribution >= 4 is 0 Å². The quantitative estimate of drug-likeness (QED) is 0.719. The Balaban J connectivity index is 3.46. The molecule has 0 radical (unpaired) electrons. The van der Waals surface area contributed by atoms with Gasteiger partial charge in [-0.2, -0.15) is 15.8 Å². The van der Waals surface area contributed by atoms with E-state index in [1.807, 2.05) is 18.2 Å². The van der Waals surface area contributed by atoms with Crippen LogP contribution in [0.5, 0.6) is 5.75 Å². The number of hydrogen-bond acceptors (Lipinski definition) is 4. The SMILES string of the molecule is COc1ccc(CC#N)c(C#N)c1C#N. The van der Waals surface area contributed by atoms with Gasteiger partial charge in [-0.15, -0.1) is 0 Å². The maximum absolute atomic E-state index is 8.91. The number of methoxy groups -OCH3 is 1. The fourth-order valence-electron chi connectivity index (χ4n) is 1.27.